The molecule has 6 heteroatoms. The zero-order chi connectivity index (χ0) is 19.7. The first-order chi connectivity index (χ1) is 12.9. The molecule has 0 aromatic carbocycles. The van der Waals surface area contributed by atoms with E-state index in [2.05, 4.69) is 37.9 Å². The van der Waals surface area contributed by atoms with Crippen LogP contribution in [0.2, 0.25) is 0 Å². The Morgan fingerprint density at radius 3 is 2.52 bits per heavy atom. The normalized spacial score (nSPS) is 24.1. The van der Waals surface area contributed by atoms with E-state index < -0.39 is 0 Å². The molecule has 2 fully saturated rings. The third kappa shape index (κ3) is 7.59. The van der Waals surface area contributed by atoms with E-state index in [-0.39, 0.29) is 11.5 Å². The van der Waals surface area contributed by atoms with Crippen molar-refractivity contribution < 1.29 is 14.2 Å². The maximum Gasteiger partial charge on any atom is 0.194 e. The number of ether oxygens (including phenoxy) is 3. The van der Waals surface area contributed by atoms with Gasteiger partial charge in [-0.1, -0.05) is 20.8 Å². The van der Waals surface area contributed by atoms with Gasteiger partial charge in [-0.05, 0) is 44.4 Å². The number of piperidine rings is 1. The fourth-order valence-electron chi connectivity index (χ4n) is 3.71. The molecule has 0 bridgehead atoms. The van der Waals surface area contributed by atoms with Crippen molar-refractivity contribution in [2.24, 2.45) is 10.4 Å². The number of nitrogens with zero attached hydrogens (tertiary/aromatic N) is 2. The highest BCUT2D eigenvalue weighted by Crippen LogP contribution is 2.22. The summed E-state index contributed by atoms with van der Waals surface area (Å²) in [6.07, 6.45) is 6.46. The number of rotatable bonds is 7. The lowest BCUT2D eigenvalue weighted by atomic mass is 9.89. The number of hydrogen-bond acceptors (Lipinski definition) is 4. The second-order valence-corrected chi connectivity index (χ2v) is 8.79. The Morgan fingerprint density at radius 2 is 1.96 bits per heavy atom. The molecule has 2 aliphatic rings. The van der Waals surface area contributed by atoms with Crippen molar-refractivity contribution in [1.29, 1.82) is 0 Å². The van der Waals surface area contributed by atoms with E-state index in [1.54, 1.807) is 7.11 Å². The van der Waals surface area contributed by atoms with Gasteiger partial charge in [0.15, 0.2) is 5.96 Å². The van der Waals surface area contributed by atoms with Crippen molar-refractivity contribution in [3.63, 3.8) is 0 Å². The minimum Gasteiger partial charge on any atom is -0.379 e. The molecule has 0 radical (unpaired) electrons. The summed E-state index contributed by atoms with van der Waals surface area (Å²) in [6, 6.07) is 0. The van der Waals surface area contributed by atoms with Gasteiger partial charge in [0.05, 0.1) is 31.5 Å². The van der Waals surface area contributed by atoms with Crippen LogP contribution in [0.3, 0.4) is 0 Å². The zero-order valence-corrected chi connectivity index (χ0v) is 18.1. The zero-order valence-electron chi connectivity index (χ0n) is 18.1. The van der Waals surface area contributed by atoms with Crippen molar-refractivity contribution in [3.8, 4) is 0 Å². The minimum absolute atomic E-state index is 0.0810. The molecule has 0 aliphatic carbocycles. The van der Waals surface area contributed by atoms with Gasteiger partial charge in [0, 0.05) is 33.4 Å². The molecule has 2 aliphatic heterocycles. The van der Waals surface area contributed by atoms with Crippen LogP contribution in [0.25, 0.3) is 0 Å². The van der Waals surface area contributed by atoms with Crippen LogP contribution >= 0.6 is 0 Å². The van der Waals surface area contributed by atoms with Gasteiger partial charge in [-0.25, -0.2) is 0 Å². The predicted octanol–water partition coefficient (Wildman–Crippen LogP) is 3.06. The second-order valence-electron chi connectivity index (χ2n) is 8.79. The first-order valence-electron chi connectivity index (χ1n) is 10.7. The smallest absolute Gasteiger partial charge is 0.194 e. The van der Waals surface area contributed by atoms with Crippen LogP contribution in [0.15, 0.2) is 4.99 Å². The highest BCUT2D eigenvalue weighted by atomic mass is 16.5. The Morgan fingerprint density at radius 1 is 1.22 bits per heavy atom. The summed E-state index contributed by atoms with van der Waals surface area (Å²) in [6.45, 7) is 13.9. The first-order valence-corrected chi connectivity index (χ1v) is 10.7. The summed E-state index contributed by atoms with van der Waals surface area (Å²) in [5.74, 6) is 0.998. The molecule has 158 valence electrons. The quantitative estimate of drug-likeness (QED) is 0.541. The van der Waals surface area contributed by atoms with Gasteiger partial charge in [-0.15, -0.1) is 0 Å². The molecule has 2 atom stereocenters. The molecule has 0 spiro atoms. The number of aliphatic imine (C=N–C) groups is 1. The second kappa shape index (κ2) is 11.2. The third-order valence-corrected chi connectivity index (χ3v) is 5.53. The molecule has 2 rings (SSSR count). The summed E-state index contributed by atoms with van der Waals surface area (Å²) in [5.41, 5.74) is 0.0810. The molecule has 27 heavy (non-hydrogen) atoms. The van der Waals surface area contributed by atoms with Crippen molar-refractivity contribution in [3.05, 3.63) is 0 Å². The van der Waals surface area contributed by atoms with E-state index in [9.17, 15) is 0 Å². The van der Waals surface area contributed by atoms with Gasteiger partial charge < -0.3 is 24.4 Å². The number of likely N-dealkylation sites (tertiary alicyclic amines) is 1. The summed E-state index contributed by atoms with van der Waals surface area (Å²) in [5, 5.41) is 3.44. The van der Waals surface area contributed by atoms with E-state index in [0.717, 1.165) is 58.1 Å². The lowest BCUT2D eigenvalue weighted by molar-refractivity contribution is -0.0721. The molecular formula is C21H41N3O3. The molecule has 6 nitrogen and oxygen atoms in total. The van der Waals surface area contributed by atoms with Gasteiger partial charge in [-0.2, -0.15) is 0 Å². The van der Waals surface area contributed by atoms with Crippen LogP contribution in [-0.4, -0.2) is 75.7 Å². The van der Waals surface area contributed by atoms with E-state index in [1.807, 2.05) is 0 Å². The Hall–Kier alpha value is -0.850. The molecule has 0 aromatic rings. The Kier molecular flexibility index (Phi) is 9.33. The van der Waals surface area contributed by atoms with Crippen molar-refractivity contribution in [2.75, 3.05) is 46.5 Å². The molecule has 0 aromatic heterocycles. The molecule has 0 amide bonds. The highest BCUT2D eigenvalue weighted by molar-refractivity contribution is 5.80. The van der Waals surface area contributed by atoms with Gasteiger partial charge in [0.2, 0.25) is 0 Å². The lowest BCUT2D eigenvalue weighted by Gasteiger charge is -2.35. The van der Waals surface area contributed by atoms with Crippen LogP contribution < -0.4 is 5.32 Å². The fourth-order valence-corrected chi connectivity index (χ4v) is 3.71. The van der Waals surface area contributed by atoms with Gasteiger partial charge in [0.1, 0.15) is 0 Å². The summed E-state index contributed by atoms with van der Waals surface area (Å²) >= 11 is 0. The van der Waals surface area contributed by atoms with Gasteiger partial charge in [0.25, 0.3) is 0 Å². The Labute approximate surface area is 166 Å². The Balaban J connectivity index is 1.80. The molecule has 2 saturated heterocycles. The van der Waals surface area contributed by atoms with E-state index in [4.69, 9.17) is 19.2 Å². The standard InChI is InChI=1S/C21H41N3O3/c1-6-22-20(23-15-19(25-5)21(2,3)4)24-12-10-17(11-13-24)27-16-18-9-7-8-14-26-18/h17-19H,6-16H2,1-5H3,(H,22,23). The van der Waals surface area contributed by atoms with Crippen LogP contribution in [0.5, 0.6) is 0 Å². The van der Waals surface area contributed by atoms with Crippen molar-refractivity contribution in [2.45, 2.75) is 78.1 Å². The largest absolute Gasteiger partial charge is 0.379 e. The van der Waals surface area contributed by atoms with Crippen LogP contribution in [0, 0.1) is 5.41 Å². The van der Waals surface area contributed by atoms with Crippen molar-refractivity contribution in [1.82, 2.24) is 10.2 Å². The average Bonchev–Trinajstić information content (AvgIpc) is 2.66. The maximum absolute atomic E-state index is 6.14. The summed E-state index contributed by atoms with van der Waals surface area (Å²) < 4.78 is 17.6. The van der Waals surface area contributed by atoms with Crippen LogP contribution in [0.4, 0.5) is 0 Å². The topological polar surface area (TPSA) is 55.3 Å². The molecular weight excluding hydrogens is 342 g/mol. The van der Waals surface area contributed by atoms with Gasteiger partial charge in [-0.3, -0.25) is 4.99 Å². The monoisotopic (exact) mass is 383 g/mol. The minimum atomic E-state index is 0.0810. The van der Waals surface area contributed by atoms with Crippen LogP contribution in [0.1, 0.15) is 59.8 Å². The SMILES string of the molecule is CCNC(=NCC(OC)C(C)(C)C)N1CCC(OCC2CCCCO2)CC1. The van der Waals surface area contributed by atoms with Gasteiger partial charge >= 0.3 is 0 Å². The van der Waals surface area contributed by atoms with Crippen molar-refractivity contribution >= 4 is 5.96 Å². The molecule has 2 heterocycles. The Bertz CT molecular complexity index is 436. The van der Waals surface area contributed by atoms with E-state index in [0.29, 0.717) is 18.8 Å². The highest BCUT2D eigenvalue weighted by Gasteiger charge is 2.26. The van der Waals surface area contributed by atoms with E-state index >= 15 is 0 Å². The predicted molar refractivity (Wildman–Crippen MR) is 110 cm³/mol. The molecule has 2 unspecified atom stereocenters. The van der Waals surface area contributed by atoms with Crippen LogP contribution in [-0.2, 0) is 14.2 Å². The number of methoxy groups -OCH3 is 1. The first kappa shape index (κ1) is 22.4. The lowest BCUT2D eigenvalue weighted by Crippen LogP contribution is -2.48. The summed E-state index contributed by atoms with van der Waals surface area (Å²) in [4.78, 5) is 7.22. The third-order valence-electron chi connectivity index (χ3n) is 5.53. The average molecular weight is 384 g/mol. The molecule has 1 N–H and O–H groups in total. The number of guanidine groups is 1. The summed E-state index contributed by atoms with van der Waals surface area (Å²) in [7, 11) is 1.78. The molecule has 0 saturated carbocycles. The maximum atomic E-state index is 6.14. The fraction of sp³-hybridized carbons (Fsp3) is 0.952. The van der Waals surface area contributed by atoms with E-state index in [1.165, 1.54) is 12.8 Å². The number of nitrogens with one attached hydrogen (secondary N) is 1. The number of hydrogen-bond donors (Lipinski definition) is 1.